The zero-order chi connectivity index (χ0) is 20.6. The summed E-state index contributed by atoms with van der Waals surface area (Å²) >= 11 is 0. The average Bonchev–Trinajstić information content (AvgIpc) is 2.73. The molecule has 1 atom stereocenters. The first-order valence-corrected chi connectivity index (χ1v) is 10.7. The second-order valence-corrected chi connectivity index (χ2v) is 8.84. The van der Waals surface area contributed by atoms with Crippen molar-refractivity contribution in [2.75, 3.05) is 0 Å². The Labute approximate surface area is 169 Å². The van der Waals surface area contributed by atoms with Gasteiger partial charge in [-0.05, 0) is 59.2 Å². The van der Waals surface area contributed by atoms with Gasteiger partial charge >= 0.3 is 0 Å². The maximum absolute atomic E-state index is 14.1. The number of aliphatic hydroxyl groups excluding tert-OH is 1. The van der Waals surface area contributed by atoms with Crippen molar-refractivity contribution >= 4 is 20.6 Å². The van der Waals surface area contributed by atoms with Crippen molar-refractivity contribution in [3.05, 3.63) is 96.3 Å². The lowest BCUT2D eigenvalue weighted by atomic mass is 10.0. The van der Waals surface area contributed by atoms with Gasteiger partial charge in [-0.3, -0.25) is 0 Å². The van der Waals surface area contributed by atoms with Crippen LogP contribution in [0.3, 0.4) is 0 Å². The van der Waals surface area contributed by atoms with Gasteiger partial charge in [0, 0.05) is 5.56 Å². The third kappa shape index (κ3) is 3.55. The van der Waals surface area contributed by atoms with E-state index in [1.54, 1.807) is 73.7 Å². The highest BCUT2D eigenvalue weighted by molar-refractivity contribution is 7.91. The van der Waals surface area contributed by atoms with Crippen LogP contribution in [0.5, 0.6) is 0 Å². The molecule has 0 aliphatic rings. The van der Waals surface area contributed by atoms with E-state index in [1.165, 1.54) is 12.1 Å². The second kappa shape index (κ2) is 7.43. The van der Waals surface area contributed by atoms with Crippen molar-refractivity contribution in [1.82, 2.24) is 0 Å². The third-order valence-electron chi connectivity index (χ3n) is 4.97. The molecule has 0 fully saturated rings. The molecule has 0 radical (unpaired) electrons. The van der Waals surface area contributed by atoms with E-state index in [-0.39, 0.29) is 15.6 Å². The van der Waals surface area contributed by atoms with Crippen molar-refractivity contribution in [2.45, 2.75) is 22.8 Å². The van der Waals surface area contributed by atoms with Gasteiger partial charge in [-0.1, -0.05) is 54.6 Å². The summed E-state index contributed by atoms with van der Waals surface area (Å²) in [6, 6.07) is 23.3. The summed E-state index contributed by atoms with van der Waals surface area (Å²) in [7, 11) is -3.80. The van der Waals surface area contributed by atoms with Crippen LogP contribution >= 0.6 is 0 Å². The molecule has 0 aromatic heterocycles. The molecule has 4 rings (SSSR count). The van der Waals surface area contributed by atoms with E-state index in [0.29, 0.717) is 11.1 Å². The van der Waals surface area contributed by atoms with Crippen LogP contribution in [-0.4, -0.2) is 13.5 Å². The predicted octanol–water partition coefficient (Wildman–Crippen LogP) is 5.53. The fourth-order valence-electron chi connectivity index (χ4n) is 3.45. The van der Waals surface area contributed by atoms with Gasteiger partial charge < -0.3 is 5.11 Å². The maximum atomic E-state index is 14.1. The average molecular weight is 406 g/mol. The summed E-state index contributed by atoms with van der Waals surface area (Å²) in [5, 5.41) is 11.5. The SMILES string of the molecule is C[C@H](O)c1ccccc1S(=O)(=O)c1ccc2cc(-c3ccccc3F)ccc2c1. The van der Waals surface area contributed by atoms with Crippen molar-refractivity contribution in [3.63, 3.8) is 0 Å². The minimum Gasteiger partial charge on any atom is -0.389 e. The lowest BCUT2D eigenvalue weighted by Crippen LogP contribution is -2.07. The molecule has 146 valence electrons. The van der Waals surface area contributed by atoms with Crippen molar-refractivity contribution < 1.29 is 17.9 Å². The number of halogens is 1. The summed E-state index contributed by atoms with van der Waals surface area (Å²) in [5.74, 6) is -0.305. The molecule has 4 aromatic rings. The number of sulfone groups is 1. The molecule has 0 spiro atoms. The molecule has 0 amide bonds. The predicted molar refractivity (Wildman–Crippen MR) is 112 cm³/mol. The molecule has 0 aliphatic heterocycles. The molecule has 0 bridgehead atoms. The minimum absolute atomic E-state index is 0.0947. The van der Waals surface area contributed by atoms with Crippen molar-refractivity contribution in [2.24, 2.45) is 0 Å². The van der Waals surface area contributed by atoms with Crippen LogP contribution in [-0.2, 0) is 9.84 Å². The summed E-state index contributed by atoms with van der Waals surface area (Å²) in [4.78, 5) is 0.245. The Bertz CT molecular complexity index is 1310. The van der Waals surface area contributed by atoms with Gasteiger partial charge in [-0.25, -0.2) is 12.8 Å². The van der Waals surface area contributed by atoms with E-state index < -0.39 is 15.9 Å². The normalized spacial score (nSPS) is 12.8. The van der Waals surface area contributed by atoms with Gasteiger partial charge in [-0.2, -0.15) is 0 Å². The number of aliphatic hydroxyl groups is 1. The van der Waals surface area contributed by atoms with Crippen LogP contribution in [0, 0.1) is 5.82 Å². The van der Waals surface area contributed by atoms with E-state index >= 15 is 0 Å². The Morgan fingerprint density at radius 3 is 2.24 bits per heavy atom. The monoisotopic (exact) mass is 406 g/mol. The molecule has 1 N–H and O–H groups in total. The molecule has 0 unspecified atom stereocenters. The summed E-state index contributed by atoms with van der Waals surface area (Å²) < 4.78 is 40.4. The lowest BCUT2D eigenvalue weighted by Gasteiger charge is -2.13. The summed E-state index contributed by atoms with van der Waals surface area (Å²) in [6.07, 6.45) is -0.898. The van der Waals surface area contributed by atoms with Gasteiger partial charge in [0.25, 0.3) is 0 Å². The standard InChI is InChI=1S/C24H19FO3S/c1-16(26)21-6-3-5-9-24(21)29(27,28)20-13-12-17-14-19(11-10-18(17)15-20)22-7-2-4-8-23(22)25/h2-16,26H,1H3/t16-/m0/s1. The fourth-order valence-corrected chi connectivity index (χ4v) is 5.04. The Morgan fingerprint density at radius 2 is 1.48 bits per heavy atom. The van der Waals surface area contributed by atoms with E-state index in [9.17, 15) is 17.9 Å². The van der Waals surface area contributed by atoms with Crippen LogP contribution in [0.1, 0.15) is 18.6 Å². The smallest absolute Gasteiger partial charge is 0.206 e. The van der Waals surface area contributed by atoms with Crippen LogP contribution in [0.25, 0.3) is 21.9 Å². The molecule has 0 aliphatic carbocycles. The highest BCUT2D eigenvalue weighted by Crippen LogP contribution is 2.31. The Kier molecular flexibility index (Phi) is 4.94. The first-order chi connectivity index (χ1) is 13.9. The van der Waals surface area contributed by atoms with Gasteiger partial charge in [0.15, 0.2) is 0 Å². The minimum atomic E-state index is -3.80. The Morgan fingerprint density at radius 1 is 0.828 bits per heavy atom. The van der Waals surface area contributed by atoms with Gasteiger partial charge in [0.2, 0.25) is 9.84 Å². The van der Waals surface area contributed by atoms with E-state index in [4.69, 9.17) is 0 Å². The molecular weight excluding hydrogens is 387 g/mol. The van der Waals surface area contributed by atoms with Crippen molar-refractivity contribution in [1.29, 1.82) is 0 Å². The van der Waals surface area contributed by atoms with E-state index in [0.717, 1.165) is 16.3 Å². The van der Waals surface area contributed by atoms with Crippen LogP contribution in [0.4, 0.5) is 4.39 Å². The molecule has 4 aromatic carbocycles. The zero-order valence-corrected chi connectivity index (χ0v) is 16.5. The number of rotatable bonds is 4. The Balaban J connectivity index is 1.81. The summed E-state index contributed by atoms with van der Waals surface area (Å²) in [5.41, 5.74) is 1.59. The van der Waals surface area contributed by atoms with Crippen molar-refractivity contribution in [3.8, 4) is 11.1 Å². The highest BCUT2D eigenvalue weighted by atomic mass is 32.2. The molecule has 29 heavy (non-hydrogen) atoms. The number of benzene rings is 4. The van der Waals surface area contributed by atoms with E-state index in [2.05, 4.69) is 0 Å². The van der Waals surface area contributed by atoms with Crippen LogP contribution < -0.4 is 0 Å². The number of hydrogen-bond donors (Lipinski definition) is 1. The molecule has 0 saturated heterocycles. The molecule has 3 nitrogen and oxygen atoms in total. The quantitative estimate of drug-likeness (QED) is 0.485. The molecular formula is C24H19FO3S. The van der Waals surface area contributed by atoms with Crippen LogP contribution in [0.15, 0.2) is 94.7 Å². The molecule has 0 saturated carbocycles. The van der Waals surface area contributed by atoms with Gasteiger partial charge in [0.1, 0.15) is 5.82 Å². The number of fused-ring (bicyclic) bond motifs is 1. The maximum Gasteiger partial charge on any atom is 0.206 e. The third-order valence-corrected chi connectivity index (χ3v) is 6.79. The fraction of sp³-hybridized carbons (Fsp3) is 0.0833. The topological polar surface area (TPSA) is 54.4 Å². The first kappa shape index (κ1) is 19.3. The molecule has 0 heterocycles. The van der Waals surface area contributed by atoms with E-state index in [1.807, 2.05) is 6.07 Å². The first-order valence-electron chi connectivity index (χ1n) is 9.19. The number of hydrogen-bond acceptors (Lipinski definition) is 3. The largest absolute Gasteiger partial charge is 0.389 e. The van der Waals surface area contributed by atoms with Gasteiger partial charge in [0.05, 0.1) is 15.9 Å². The summed E-state index contributed by atoms with van der Waals surface area (Å²) in [6.45, 7) is 1.54. The zero-order valence-electron chi connectivity index (χ0n) is 15.7. The second-order valence-electron chi connectivity index (χ2n) is 6.92. The Hall–Kier alpha value is -3.02. The highest BCUT2D eigenvalue weighted by Gasteiger charge is 2.23. The lowest BCUT2D eigenvalue weighted by molar-refractivity contribution is 0.196. The molecule has 5 heteroatoms. The van der Waals surface area contributed by atoms with Crippen LogP contribution in [0.2, 0.25) is 0 Å². The van der Waals surface area contributed by atoms with Gasteiger partial charge in [-0.15, -0.1) is 0 Å².